The van der Waals surface area contributed by atoms with Crippen molar-refractivity contribution < 1.29 is 37.0 Å². The average molecular weight is 412 g/mol. The number of β-amino-alcohol motifs (C(OH)–C–C–N with tert-alkyl or cyclic N) is 1. The van der Waals surface area contributed by atoms with E-state index in [1.807, 2.05) is 0 Å². The Morgan fingerprint density at radius 2 is 2.14 bits per heavy atom. The molecule has 0 bridgehead atoms. The Labute approximate surface area is 161 Å². The van der Waals surface area contributed by atoms with Gasteiger partial charge in [0.2, 0.25) is 5.89 Å². The number of methoxy groups -OCH3 is 1. The van der Waals surface area contributed by atoms with Crippen molar-refractivity contribution >= 4 is 17.6 Å². The molecule has 0 atom stereocenters. The van der Waals surface area contributed by atoms with E-state index in [0.29, 0.717) is 5.69 Å². The summed E-state index contributed by atoms with van der Waals surface area (Å²) in [5.74, 6) is -3.08. The van der Waals surface area contributed by atoms with Gasteiger partial charge in [-0.05, 0) is 18.2 Å². The van der Waals surface area contributed by atoms with Gasteiger partial charge in [0.25, 0.3) is 5.91 Å². The van der Waals surface area contributed by atoms with Crippen molar-refractivity contribution in [1.82, 2.24) is 15.1 Å². The summed E-state index contributed by atoms with van der Waals surface area (Å²) < 4.78 is 47.3. The highest BCUT2D eigenvalue weighted by atomic mass is 19.4. The van der Waals surface area contributed by atoms with Gasteiger partial charge in [-0.15, -0.1) is 10.2 Å². The lowest BCUT2D eigenvalue weighted by molar-refractivity contribution is -0.157. The Hall–Kier alpha value is -3.41. The van der Waals surface area contributed by atoms with E-state index >= 15 is 0 Å². The van der Waals surface area contributed by atoms with E-state index in [1.165, 1.54) is 36.3 Å². The molecule has 0 saturated carbocycles. The van der Waals surface area contributed by atoms with E-state index < -0.39 is 23.9 Å². The third-order valence-electron chi connectivity index (χ3n) is 4.00. The van der Waals surface area contributed by atoms with Gasteiger partial charge < -0.3 is 24.5 Å². The number of carbonyl (C=O) groups excluding carboxylic acids is 2. The summed E-state index contributed by atoms with van der Waals surface area (Å²) in [6.45, 7) is -0.318. The summed E-state index contributed by atoms with van der Waals surface area (Å²) in [4.78, 5) is 25.8. The predicted octanol–water partition coefficient (Wildman–Crippen LogP) is 1.43. The van der Waals surface area contributed by atoms with Crippen LogP contribution < -0.4 is 5.32 Å². The smallest absolute Gasteiger partial charge is 0.466 e. The number of aromatic nitrogens is 2. The Morgan fingerprint density at radius 3 is 2.76 bits per heavy atom. The number of halogens is 3. The number of hydrogen-bond donors (Lipinski definition) is 2. The molecular formula is C17H15F3N4O5. The molecule has 0 spiro atoms. The third kappa shape index (κ3) is 4.21. The molecule has 0 fully saturated rings. The fourth-order valence-electron chi connectivity index (χ4n) is 2.68. The fraction of sp³-hybridized carbons (Fsp3) is 0.294. The number of hydrogen-bond acceptors (Lipinski definition) is 8. The Bertz CT molecular complexity index is 970. The molecule has 0 saturated heterocycles. The van der Waals surface area contributed by atoms with E-state index in [2.05, 4.69) is 24.7 Å². The number of alkyl halides is 3. The topological polar surface area (TPSA) is 118 Å². The molecule has 0 unspecified atom stereocenters. The SMILES string of the molecule is COC(=O)C1=C(Nc2cccc(-c3nnc(C(F)(F)F)o3)c2)C(=O)N(CCO)C1. The number of nitrogens with zero attached hydrogens (tertiary/aromatic N) is 3. The van der Waals surface area contributed by atoms with Crippen LogP contribution in [-0.2, 0) is 20.5 Å². The number of aliphatic hydroxyl groups excluding tert-OH is 1. The van der Waals surface area contributed by atoms with Gasteiger partial charge in [-0.25, -0.2) is 4.79 Å². The molecule has 3 rings (SSSR count). The van der Waals surface area contributed by atoms with Gasteiger partial charge in [0.05, 0.1) is 25.8 Å². The van der Waals surface area contributed by atoms with Crippen LogP contribution in [0.2, 0.25) is 0 Å². The molecule has 2 N–H and O–H groups in total. The molecule has 0 radical (unpaired) electrons. The molecule has 9 nitrogen and oxygen atoms in total. The zero-order chi connectivity index (χ0) is 21.2. The highest BCUT2D eigenvalue weighted by Crippen LogP contribution is 2.31. The van der Waals surface area contributed by atoms with Crippen molar-refractivity contribution in [2.24, 2.45) is 0 Å². The first kappa shape index (κ1) is 20.3. The molecule has 1 amide bonds. The number of nitrogens with one attached hydrogen (secondary N) is 1. The first-order valence-corrected chi connectivity index (χ1v) is 8.24. The van der Waals surface area contributed by atoms with E-state index in [0.717, 1.165) is 0 Å². The van der Waals surface area contributed by atoms with E-state index in [4.69, 9.17) is 5.11 Å². The van der Waals surface area contributed by atoms with Gasteiger partial charge in [0.15, 0.2) is 0 Å². The van der Waals surface area contributed by atoms with Gasteiger partial charge >= 0.3 is 18.0 Å². The van der Waals surface area contributed by atoms with Gasteiger partial charge in [-0.2, -0.15) is 13.2 Å². The van der Waals surface area contributed by atoms with Gasteiger partial charge in [0, 0.05) is 17.8 Å². The molecule has 1 aromatic carbocycles. The molecule has 29 heavy (non-hydrogen) atoms. The zero-order valence-electron chi connectivity index (χ0n) is 15.0. The minimum absolute atomic E-state index is 0.0206. The van der Waals surface area contributed by atoms with E-state index in [1.54, 1.807) is 0 Å². The number of anilines is 1. The van der Waals surface area contributed by atoms with Crippen LogP contribution in [0.4, 0.5) is 18.9 Å². The van der Waals surface area contributed by atoms with Gasteiger partial charge in [-0.1, -0.05) is 6.07 Å². The Morgan fingerprint density at radius 1 is 1.38 bits per heavy atom. The van der Waals surface area contributed by atoms with Crippen molar-refractivity contribution in [2.75, 3.05) is 32.1 Å². The van der Waals surface area contributed by atoms with Gasteiger partial charge in [0.1, 0.15) is 5.70 Å². The van der Waals surface area contributed by atoms with E-state index in [-0.39, 0.29) is 42.4 Å². The van der Waals surface area contributed by atoms with Crippen molar-refractivity contribution in [3.8, 4) is 11.5 Å². The van der Waals surface area contributed by atoms with Crippen molar-refractivity contribution in [3.63, 3.8) is 0 Å². The molecule has 1 aromatic heterocycles. The standard InChI is InChI=1S/C17H15F3N4O5/c1-28-15(27)11-8-24(5-6-25)14(26)12(11)21-10-4-2-3-9(7-10)13-22-23-16(29-13)17(18,19)20/h2-4,7,21,25H,5-6,8H2,1H3. The number of ether oxygens (including phenoxy) is 1. The number of benzene rings is 1. The number of aliphatic hydroxyl groups is 1. The van der Waals surface area contributed by atoms with Crippen LogP contribution in [-0.4, -0.2) is 58.9 Å². The maximum absolute atomic E-state index is 12.6. The van der Waals surface area contributed by atoms with Crippen LogP contribution in [0.1, 0.15) is 5.89 Å². The molecular weight excluding hydrogens is 397 g/mol. The number of amides is 1. The van der Waals surface area contributed by atoms with E-state index in [9.17, 15) is 22.8 Å². The Kier molecular flexibility index (Phi) is 5.55. The Balaban J connectivity index is 1.89. The summed E-state index contributed by atoms with van der Waals surface area (Å²) in [5.41, 5.74) is 0.484. The maximum atomic E-state index is 12.6. The second kappa shape index (κ2) is 7.91. The van der Waals surface area contributed by atoms with Crippen molar-refractivity contribution in [3.05, 3.63) is 41.4 Å². The summed E-state index contributed by atoms with van der Waals surface area (Å²) in [6.07, 6.45) is -4.77. The van der Waals surface area contributed by atoms with Gasteiger partial charge in [-0.3, -0.25) is 4.79 Å². The normalized spacial score (nSPS) is 14.5. The minimum atomic E-state index is -4.77. The molecule has 1 aliphatic rings. The van der Waals surface area contributed by atoms with Crippen LogP contribution in [0.5, 0.6) is 0 Å². The second-order valence-corrected chi connectivity index (χ2v) is 5.91. The fourth-order valence-corrected chi connectivity index (χ4v) is 2.68. The molecule has 0 aliphatic carbocycles. The lowest BCUT2D eigenvalue weighted by Gasteiger charge is -2.15. The third-order valence-corrected chi connectivity index (χ3v) is 4.00. The highest BCUT2D eigenvalue weighted by Gasteiger charge is 2.38. The molecule has 2 heterocycles. The highest BCUT2D eigenvalue weighted by molar-refractivity contribution is 6.08. The van der Waals surface area contributed by atoms with Crippen LogP contribution in [0.25, 0.3) is 11.5 Å². The number of esters is 1. The maximum Gasteiger partial charge on any atom is 0.470 e. The van der Waals surface area contributed by atoms with Crippen LogP contribution >= 0.6 is 0 Å². The van der Waals surface area contributed by atoms with Crippen LogP contribution in [0.15, 0.2) is 40.0 Å². The predicted molar refractivity (Wildman–Crippen MR) is 91.1 cm³/mol. The quantitative estimate of drug-likeness (QED) is 0.685. The number of rotatable bonds is 6. The zero-order valence-corrected chi connectivity index (χ0v) is 15.0. The molecule has 2 aromatic rings. The lowest BCUT2D eigenvalue weighted by Crippen LogP contribution is -2.31. The summed E-state index contributed by atoms with van der Waals surface area (Å²) in [6, 6.07) is 5.87. The molecule has 1 aliphatic heterocycles. The second-order valence-electron chi connectivity index (χ2n) is 5.91. The summed E-state index contributed by atoms with van der Waals surface area (Å²) >= 11 is 0. The summed E-state index contributed by atoms with van der Waals surface area (Å²) in [7, 11) is 1.17. The average Bonchev–Trinajstić information content (AvgIpc) is 3.29. The number of carbonyl (C=O) groups is 2. The monoisotopic (exact) mass is 412 g/mol. The largest absolute Gasteiger partial charge is 0.470 e. The van der Waals surface area contributed by atoms with Crippen LogP contribution in [0, 0.1) is 0 Å². The van der Waals surface area contributed by atoms with Crippen LogP contribution in [0.3, 0.4) is 0 Å². The van der Waals surface area contributed by atoms with Crippen molar-refractivity contribution in [1.29, 1.82) is 0 Å². The molecule has 154 valence electrons. The molecule has 12 heteroatoms. The summed E-state index contributed by atoms with van der Waals surface area (Å²) in [5, 5.41) is 18.2. The van der Waals surface area contributed by atoms with Crippen molar-refractivity contribution in [2.45, 2.75) is 6.18 Å². The minimum Gasteiger partial charge on any atom is -0.466 e. The first-order valence-electron chi connectivity index (χ1n) is 8.24. The lowest BCUT2D eigenvalue weighted by atomic mass is 10.2. The first-order chi connectivity index (χ1) is 13.7.